The first-order valence-corrected chi connectivity index (χ1v) is 7.12. The van der Waals surface area contributed by atoms with E-state index in [4.69, 9.17) is 9.47 Å². The average molecular weight is 342 g/mol. The third kappa shape index (κ3) is 2.30. The molecule has 0 aliphatic heterocycles. The molecule has 0 spiro atoms. The summed E-state index contributed by atoms with van der Waals surface area (Å²) in [4.78, 5) is 14.7. The lowest BCUT2D eigenvalue weighted by Gasteiger charge is -2.25. The predicted octanol–water partition coefficient (Wildman–Crippen LogP) is 3.28. The molecule has 5 nitrogen and oxygen atoms in total. The molecule has 2 rings (SSSR count). The van der Waals surface area contributed by atoms with Crippen molar-refractivity contribution in [3.8, 4) is 17.2 Å². The number of rotatable bonds is 4. The van der Waals surface area contributed by atoms with Gasteiger partial charge in [0.05, 0.1) is 14.2 Å². The SMILES string of the molecule is COc1cc(C2(N=C=O)CCCC2)c(O)c(Br)c1OC. The number of aliphatic imine (C=N–C) groups is 1. The summed E-state index contributed by atoms with van der Waals surface area (Å²) in [7, 11) is 3.02. The maximum atomic E-state index is 10.8. The number of phenols is 1. The van der Waals surface area contributed by atoms with E-state index in [-0.39, 0.29) is 5.75 Å². The molecule has 108 valence electrons. The largest absolute Gasteiger partial charge is 0.506 e. The van der Waals surface area contributed by atoms with Crippen molar-refractivity contribution in [1.29, 1.82) is 0 Å². The molecule has 0 atom stereocenters. The van der Waals surface area contributed by atoms with Gasteiger partial charge in [0.25, 0.3) is 0 Å². The zero-order chi connectivity index (χ0) is 14.8. The predicted molar refractivity (Wildman–Crippen MR) is 77.2 cm³/mol. The number of aromatic hydroxyl groups is 1. The van der Waals surface area contributed by atoms with Crippen molar-refractivity contribution in [2.24, 2.45) is 4.99 Å². The second-order valence-corrected chi connectivity index (χ2v) is 5.56. The van der Waals surface area contributed by atoms with Gasteiger partial charge in [-0.2, -0.15) is 4.99 Å². The molecule has 20 heavy (non-hydrogen) atoms. The highest BCUT2D eigenvalue weighted by Crippen LogP contribution is 2.52. The third-order valence-corrected chi connectivity index (χ3v) is 4.51. The quantitative estimate of drug-likeness (QED) is 0.674. The van der Waals surface area contributed by atoms with E-state index in [0.29, 0.717) is 34.4 Å². The molecule has 1 N–H and O–H groups in total. The van der Waals surface area contributed by atoms with Crippen LogP contribution in [-0.2, 0) is 10.3 Å². The third-order valence-electron chi connectivity index (χ3n) is 3.78. The topological polar surface area (TPSA) is 68.1 Å². The molecular formula is C14H16BrNO4. The fourth-order valence-electron chi connectivity index (χ4n) is 2.78. The van der Waals surface area contributed by atoms with Crippen LogP contribution in [0, 0.1) is 0 Å². The second-order valence-electron chi connectivity index (χ2n) is 4.76. The van der Waals surface area contributed by atoms with Gasteiger partial charge >= 0.3 is 0 Å². The Morgan fingerprint density at radius 2 is 2.00 bits per heavy atom. The van der Waals surface area contributed by atoms with Gasteiger partial charge in [0.2, 0.25) is 6.08 Å². The van der Waals surface area contributed by atoms with Crippen molar-refractivity contribution in [3.05, 3.63) is 16.1 Å². The highest BCUT2D eigenvalue weighted by atomic mass is 79.9. The van der Waals surface area contributed by atoms with Crippen LogP contribution in [0.5, 0.6) is 17.2 Å². The molecular weight excluding hydrogens is 326 g/mol. The number of isocyanates is 1. The fraction of sp³-hybridized carbons (Fsp3) is 0.500. The van der Waals surface area contributed by atoms with E-state index in [9.17, 15) is 9.90 Å². The molecule has 0 saturated heterocycles. The molecule has 0 unspecified atom stereocenters. The molecule has 1 fully saturated rings. The summed E-state index contributed by atoms with van der Waals surface area (Å²) in [6.07, 6.45) is 4.96. The minimum atomic E-state index is -0.714. The van der Waals surface area contributed by atoms with Gasteiger partial charge < -0.3 is 14.6 Å². The van der Waals surface area contributed by atoms with Gasteiger partial charge in [-0.1, -0.05) is 12.8 Å². The molecule has 1 aliphatic carbocycles. The summed E-state index contributed by atoms with van der Waals surface area (Å²) < 4.78 is 10.9. The zero-order valence-electron chi connectivity index (χ0n) is 11.4. The van der Waals surface area contributed by atoms with Crippen molar-refractivity contribution in [1.82, 2.24) is 0 Å². The van der Waals surface area contributed by atoms with Crippen molar-refractivity contribution >= 4 is 22.0 Å². The Labute approximate surface area is 125 Å². The Bertz CT molecular complexity index is 561. The normalized spacial score (nSPS) is 16.6. The Morgan fingerprint density at radius 1 is 1.35 bits per heavy atom. The van der Waals surface area contributed by atoms with E-state index in [1.54, 1.807) is 12.1 Å². The van der Waals surface area contributed by atoms with E-state index in [1.807, 2.05) is 0 Å². The van der Waals surface area contributed by atoms with Crippen LogP contribution in [0.2, 0.25) is 0 Å². The molecule has 1 saturated carbocycles. The Kier molecular flexibility index (Phi) is 4.35. The lowest BCUT2D eigenvalue weighted by Crippen LogP contribution is -2.19. The van der Waals surface area contributed by atoms with Gasteiger partial charge in [0.15, 0.2) is 11.5 Å². The maximum Gasteiger partial charge on any atom is 0.235 e. The summed E-state index contributed by atoms with van der Waals surface area (Å²) in [5.41, 5.74) is -0.142. The maximum absolute atomic E-state index is 10.8. The van der Waals surface area contributed by atoms with Crippen molar-refractivity contribution in [3.63, 3.8) is 0 Å². The van der Waals surface area contributed by atoms with Crippen LogP contribution in [0.3, 0.4) is 0 Å². The molecule has 0 aromatic heterocycles. The molecule has 6 heteroatoms. The number of ether oxygens (including phenoxy) is 2. The number of carbonyl (C=O) groups excluding carboxylic acids is 1. The smallest absolute Gasteiger partial charge is 0.235 e. The minimum absolute atomic E-state index is 0.0311. The van der Waals surface area contributed by atoms with Crippen LogP contribution < -0.4 is 9.47 Å². The fourth-order valence-corrected chi connectivity index (χ4v) is 3.35. The van der Waals surface area contributed by atoms with E-state index >= 15 is 0 Å². The van der Waals surface area contributed by atoms with Gasteiger partial charge in [0.1, 0.15) is 15.8 Å². The Hall–Kier alpha value is -1.52. The zero-order valence-corrected chi connectivity index (χ0v) is 13.0. The van der Waals surface area contributed by atoms with Crippen molar-refractivity contribution in [2.45, 2.75) is 31.2 Å². The number of hydrogen-bond acceptors (Lipinski definition) is 5. The van der Waals surface area contributed by atoms with E-state index in [2.05, 4.69) is 20.9 Å². The molecule has 1 aromatic rings. The summed E-state index contributed by atoms with van der Waals surface area (Å²) >= 11 is 3.31. The number of hydrogen-bond donors (Lipinski definition) is 1. The van der Waals surface area contributed by atoms with Crippen LogP contribution in [0.25, 0.3) is 0 Å². The lowest BCUT2D eigenvalue weighted by atomic mass is 9.88. The van der Waals surface area contributed by atoms with E-state index in [0.717, 1.165) is 12.8 Å². The molecule has 0 bridgehead atoms. The van der Waals surface area contributed by atoms with Crippen LogP contribution in [0.1, 0.15) is 31.2 Å². The van der Waals surface area contributed by atoms with Crippen molar-refractivity contribution in [2.75, 3.05) is 14.2 Å². The highest BCUT2D eigenvalue weighted by molar-refractivity contribution is 9.10. The van der Waals surface area contributed by atoms with Crippen molar-refractivity contribution < 1.29 is 19.4 Å². The van der Waals surface area contributed by atoms with Crippen LogP contribution in [0.4, 0.5) is 0 Å². The number of nitrogens with zero attached hydrogens (tertiary/aromatic N) is 1. The standard InChI is InChI=1S/C14H16BrNO4/c1-19-10-7-9(12(18)11(15)13(10)20-2)14(16-8-17)5-3-4-6-14/h7,18H,3-6H2,1-2H3. The molecule has 1 aromatic carbocycles. The monoisotopic (exact) mass is 341 g/mol. The first kappa shape index (κ1) is 14.9. The van der Waals surface area contributed by atoms with E-state index in [1.165, 1.54) is 14.2 Å². The van der Waals surface area contributed by atoms with E-state index < -0.39 is 5.54 Å². The lowest BCUT2D eigenvalue weighted by molar-refractivity contribution is 0.341. The minimum Gasteiger partial charge on any atom is -0.506 e. The van der Waals surface area contributed by atoms with Crippen LogP contribution in [0.15, 0.2) is 15.5 Å². The first-order chi connectivity index (χ1) is 9.59. The number of benzene rings is 1. The summed E-state index contributed by atoms with van der Waals surface area (Å²) in [6.45, 7) is 0. The summed E-state index contributed by atoms with van der Waals surface area (Å²) in [6, 6.07) is 1.69. The second kappa shape index (κ2) is 5.85. The summed E-state index contributed by atoms with van der Waals surface area (Å²) in [5, 5.41) is 10.4. The Balaban J connectivity index is 2.67. The molecule has 0 heterocycles. The molecule has 1 aliphatic rings. The number of methoxy groups -OCH3 is 2. The average Bonchev–Trinajstić information content (AvgIpc) is 2.91. The van der Waals surface area contributed by atoms with Crippen LogP contribution in [-0.4, -0.2) is 25.4 Å². The number of halogens is 1. The highest BCUT2D eigenvalue weighted by Gasteiger charge is 2.39. The van der Waals surface area contributed by atoms with Gasteiger partial charge in [-0.15, -0.1) is 0 Å². The van der Waals surface area contributed by atoms with Gasteiger partial charge in [-0.25, -0.2) is 4.79 Å². The van der Waals surface area contributed by atoms with Gasteiger partial charge in [-0.05, 0) is 34.8 Å². The Morgan fingerprint density at radius 3 is 2.50 bits per heavy atom. The summed E-state index contributed by atoms with van der Waals surface area (Å²) in [5.74, 6) is 0.931. The first-order valence-electron chi connectivity index (χ1n) is 6.32. The van der Waals surface area contributed by atoms with Gasteiger partial charge in [-0.3, -0.25) is 0 Å². The van der Waals surface area contributed by atoms with Crippen LogP contribution >= 0.6 is 15.9 Å². The molecule has 0 amide bonds. The molecule has 0 radical (unpaired) electrons. The van der Waals surface area contributed by atoms with Gasteiger partial charge in [0, 0.05) is 5.56 Å². The number of phenolic OH excluding ortho intramolecular Hbond substituents is 1.